The summed E-state index contributed by atoms with van der Waals surface area (Å²) in [7, 11) is 1.79. The molecule has 18 heavy (non-hydrogen) atoms. The standard InChI is InChI=1S/C14H22ClN3/c1-11(2)10-18-14(16-3)17-9-8-12-4-6-13(15)7-5-12/h4-7,11H,8-10H2,1-3H3,(H2,16,17,18). The molecule has 1 rings (SSSR count). The van der Waals surface area contributed by atoms with Gasteiger partial charge in [-0.15, -0.1) is 0 Å². The molecule has 0 saturated carbocycles. The molecule has 2 N–H and O–H groups in total. The highest BCUT2D eigenvalue weighted by atomic mass is 35.5. The Hall–Kier alpha value is -1.22. The van der Waals surface area contributed by atoms with E-state index < -0.39 is 0 Å². The number of halogens is 1. The molecule has 0 aliphatic rings. The molecule has 100 valence electrons. The highest BCUT2D eigenvalue weighted by Gasteiger charge is 1.99. The van der Waals surface area contributed by atoms with Crippen molar-refractivity contribution in [2.45, 2.75) is 20.3 Å². The molecule has 0 radical (unpaired) electrons. The third-order valence-corrected chi connectivity index (χ3v) is 2.77. The van der Waals surface area contributed by atoms with Gasteiger partial charge in [-0.1, -0.05) is 37.6 Å². The zero-order valence-electron chi connectivity index (χ0n) is 11.3. The molecule has 1 aromatic rings. The van der Waals surface area contributed by atoms with Gasteiger partial charge in [-0.25, -0.2) is 0 Å². The van der Waals surface area contributed by atoms with Crippen molar-refractivity contribution >= 4 is 17.6 Å². The first-order valence-electron chi connectivity index (χ1n) is 6.30. The van der Waals surface area contributed by atoms with Crippen LogP contribution in [-0.4, -0.2) is 26.1 Å². The molecular weight excluding hydrogens is 246 g/mol. The summed E-state index contributed by atoms with van der Waals surface area (Å²) >= 11 is 5.84. The Balaban J connectivity index is 2.29. The molecule has 0 bridgehead atoms. The van der Waals surface area contributed by atoms with E-state index in [0.717, 1.165) is 30.5 Å². The van der Waals surface area contributed by atoms with Crippen LogP contribution in [0.15, 0.2) is 29.3 Å². The topological polar surface area (TPSA) is 36.4 Å². The SMILES string of the molecule is CN=C(NCCc1ccc(Cl)cc1)NCC(C)C. The smallest absolute Gasteiger partial charge is 0.190 e. The summed E-state index contributed by atoms with van der Waals surface area (Å²) in [4.78, 5) is 4.18. The number of hydrogen-bond acceptors (Lipinski definition) is 1. The second kappa shape index (κ2) is 7.98. The Morgan fingerprint density at radius 1 is 1.22 bits per heavy atom. The minimum Gasteiger partial charge on any atom is -0.356 e. The minimum atomic E-state index is 0.611. The molecule has 3 nitrogen and oxygen atoms in total. The van der Waals surface area contributed by atoms with Gasteiger partial charge in [0.1, 0.15) is 0 Å². The van der Waals surface area contributed by atoms with Gasteiger partial charge in [0.2, 0.25) is 0 Å². The predicted molar refractivity (Wildman–Crippen MR) is 79.4 cm³/mol. The van der Waals surface area contributed by atoms with Gasteiger partial charge in [-0.2, -0.15) is 0 Å². The summed E-state index contributed by atoms with van der Waals surface area (Å²) in [6, 6.07) is 7.94. The van der Waals surface area contributed by atoms with Gasteiger partial charge in [0, 0.05) is 25.2 Å². The number of nitrogens with one attached hydrogen (secondary N) is 2. The molecule has 0 heterocycles. The van der Waals surface area contributed by atoms with E-state index in [4.69, 9.17) is 11.6 Å². The number of hydrogen-bond donors (Lipinski definition) is 2. The van der Waals surface area contributed by atoms with E-state index in [9.17, 15) is 0 Å². The molecule has 0 fully saturated rings. The van der Waals surface area contributed by atoms with Gasteiger partial charge < -0.3 is 10.6 Å². The van der Waals surface area contributed by atoms with E-state index in [-0.39, 0.29) is 0 Å². The van der Waals surface area contributed by atoms with Crippen LogP contribution in [0.5, 0.6) is 0 Å². The van der Waals surface area contributed by atoms with E-state index in [0.29, 0.717) is 5.92 Å². The Morgan fingerprint density at radius 2 is 1.89 bits per heavy atom. The fourth-order valence-electron chi connectivity index (χ4n) is 1.50. The maximum atomic E-state index is 5.84. The fraction of sp³-hybridized carbons (Fsp3) is 0.500. The summed E-state index contributed by atoms with van der Waals surface area (Å²) in [5.41, 5.74) is 1.27. The monoisotopic (exact) mass is 267 g/mol. The van der Waals surface area contributed by atoms with E-state index in [1.165, 1.54) is 5.56 Å². The molecular formula is C14H22ClN3. The summed E-state index contributed by atoms with van der Waals surface area (Å²) < 4.78 is 0. The molecule has 0 unspecified atom stereocenters. The third kappa shape index (κ3) is 5.92. The van der Waals surface area contributed by atoms with Crippen molar-refractivity contribution in [3.05, 3.63) is 34.9 Å². The van der Waals surface area contributed by atoms with E-state index in [2.05, 4.69) is 29.5 Å². The quantitative estimate of drug-likeness (QED) is 0.636. The molecule has 0 aliphatic heterocycles. The number of benzene rings is 1. The lowest BCUT2D eigenvalue weighted by Crippen LogP contribution is -2.39. The first-order chi connectivity index (χ1) is 8.61. The second-order valence-corrected chi connectivity index (χ2v) is 5.09. The number of nitrogens with zero attached hydrogens (tertiary/aromatic N) is 1. The maximum Gasteiger partial charge on any atom is 0.190 e. The molecule has 0 aliphatic carbocycles. The van der Waals surface area contributed by atoms with Gasteiger partial charge in [0.05, 0.1) is 0 Å². The van der Waals surface area contributed by atoms with Crippen molar-refractivity contribution in [2.24, 2.45) is 10.9 Å². The average Bonchev–Trinajstić information content (AvgIpc) is 2.35. The first-order valence-corrected chi connectivity index (χ1v) is 6.68. The van der Waals surface area contributed by atoms with Crippen molar-refractivity contribution in [3.8, 4) is 0 Å². The summed E-state index contributed by atoms with van der Waals surface area (Å²) in [6.45, 7) is 6.14. The van der Waals surface area contributed by atoms with Gasteiger partial charge in [-0.3, -0.25) is 4.99 Å². The lowest BCUT2D eigenvalue weighted by Gasteiger charge is -2.13. The average molecular weight is 268 g/mol. The summed E-state index contributed by atoms with van der Waals surface area (Å²) in [5.74, 6) is 1.47. The number of guanidine groups is 1. The Kier molecular flexibility index (Phi) is 6.58. The molecule has 0 aromatic heterocycles. The van der Waals surface area contributed by atoms with Gasteiger partial charge >= 0.3 is 0 Å². The Morgan fingerprint density at radius 3 is 2.44 bits per heavy atom. The predicted octanol–water partition coefficient (Wildman–Crippen LogP) is 2.70. The van der Waals surface area contributed by atoms with Crippen LogP contribution in [-0.2, 0) is 6.42 Å². The van der Waals surface area contributed by atoms with Gasteiger partial charge in [0.15, 0.2) is 5.96 Å². The zero-order chi connectivity index (χ0) is 13.4. The number of aliphatic imine (C=N–C) groups is 1. The largest absolute Gasteiger partial charge is 0.356 e. The zero-order valence-corrected chi connectivity index (χ0v) is 12.1. The van der Waals surface area contributed by atoms with E-state index in [1.807, 2.05) is 24.3 Å². The van der Waals surface area contributed by atoms with Crippen LogP contribution in [0.1, 0.15) is 19.4 Å². The van der Waals surface area contributed by atoms with Crippen LogP contribution < -0.4 is 10.6 Å². The molecule has 0 spiro atoms. The molecule has 4 heteroatoms. The molecule has 0 amide bonds. The number of rotatable bonds is 5. The van der Waals surface area contributed by atoms with Gasteiger partial charge in [0.25, 0.3) is 0 Å². The van der Waals surface area contributed by atoms with Crippen LogP contribution in [0.3, 0.4) is 0 Å². The minimum absolute atomic E-state index is 0.611. The van der Waals surface area contributed by atoms with Crippen molar-refractivity contribution in [2.75, 3.05) is 20.1 Å². The molecule has 0 saturated heterocycles. The van der Waals surface area contributed by atoms with Crippen LogP contribution in [0, 0.1) is 5.92 Å². The van der Waals surface area contributed by atoms with Crippen molar-refractivity contribution in [1.29, 1.82) is 0 Å². The molecule has 0 atom stereocenters. The normalized spacial score (nSPS) is 11.7. The summed E-state index contributed by atoms with van der Waals surface area (Å²) in [6.07, 6.45) is 0.958. The molecule has 1 aromatic carbocycles. The van der Waals surface area contributed by atoms with E-state index >= 15 is 0 Å². The van der Waals surface area contributed by atoms with Crippen LogP contribution in [0.4, 0.5) is 0 Å². The maximum absolute atomic E-state index is 5.84. The van der Waals surface area contributed by atoms with Crippen molar-refractivity contribution in [3.63, 3.8) is 0 Å². The van der Waals surface area contributed by atoms with Crippen molar-refractivity contribution in [1.82, 2.24) is 10.6 Å². The Labute approximate surface area is 115 Å². The Bertz CT molecular complexity index is 371. The summed E-state index contributed by atoms with van der Waals surface area (Å²) in [5, 5.41) is 7.35. The van der Waals surface area contributed by atoms with Crippen molar-refractivity contribution < 1.29 is 0 Å². The lowest BCUT2D eigenvalue weighted by atomic mass is 10.1. The first kappa shape index (κ1) is 14.8. The van der Waals surface area contributed by atoms with E-state index in [1.54, 1.807) is 7.05 Å². The highest BCUT2D eigenvalue weighted by molar-refractivity contribution is 6.30. The lowest BCUT2D eigenvalue weighted by molar-refractivity contribution is 0.614. The van der Waals surface area contributed by atoms with Crippen LogP contribution in [0.25, 0.3) is 0 Å². The second-order valence-electron chi connectivity index (χ2n) is 4.65. The van der Waals surface area contributed by atoms with Gasteiger partial charge in [-0.05, 0) is 30.0 Å². The van der Waals surface area contributed by atoms with Crippen LogP contribution in [0.2, 0.25) is 5.02 Å². The van der Waals surface area contributed by atoms with Crippen LogP contribution >= 0.6 is 11.6 Å². The third-order valence-electron chi connectivity index (χ3n) is 2.52. The highest BCUT2D eigenvalue weighted by Crippen LogP contribution is 2.09. The fourth-order valence-corrected chi connectivity index (χ4v) is 1.62.